The van der Waals surface area contributed by atoms with Gasteiger partial charge in [0, 0.05) is 18.5 Å². The van der Waals surface area contributed by atoms with Crippen LogP contribution in [0.4, 0.5) is 8.78 Å². The number of nitrogens with one attached hydrogen (secondary N) is 1. The Hall–Kier alpha value is -1.68. The molecule has 0 aliphatic rings. The van der Waals surface area contributed by atoms with Gasteiger partial charge in [-0.05, 0) is 49.7 Å². The highest BCUT2D eigenvalue weighted by molar-refractivity contribution is 5.18. The summed E-state index contributed by atoms with van der Waals surface area (Å²) in [4.78, 5) is 0. The molecule has 19 heavy (non-hydrogen) atoms. The lowest BCUT2D eigenvalue weighted by Gasteiger charge is -2.12. The minimum atomic E-state index is -0.529. The van der Waals surface area contributed by atoms with Gasteiger partial charge in [0.2, 0.25) is 0 Å². The molecule has 2 nitrogen and oxygen atoms in total. The molecular weight excluding hydrogens is 248 g/mol. The summed E-state index contributed by atoms with van der Waals surface area (Å²) in [5.41, 5.74) is 0.662. The first-order chi connectivity index (χ1) is 9.13. The highest BCUT2D eigenvalue weighted by atomic mass is 19.1. The van der Waals surface area contributed by atoms with Crippen LogP contribution in [0.5, 0.6) is 0 Å². The molecule has 0 saturated carbocycles. The van der Waals surface area contributed by atoms with Crippen molar-refractivity contribution in [3.05, 3.63) is 59.6 Å². The summed E-state index contributed by atoms with van der Waals surface area (Å²) >= 11 is 0. The zero-order valence-electron chi connectivity index (χ0n) is 10.8. The molecule has 2 aromatic rings. The largest absolute Gasteiger partial charge is 0.469 e. The van der Waals surface area contributed by atoms with Crippen LogP contribution in [0.3, 0.4) is 0 Å². The lowest BCUT2D eigenvalue weighted by Crippen LogP contribution is -2.29. The molecule has 1 heterocycles. The molecule has 0 bridgehead atoms. The highest BCUT2D eigenvalue weighted by Crippen LogP contribution is 2.08. The standard InChI is InChI=1S/C15H17F2NO/c1-11(7-15-3-2-6-19-15)18-5-4-12-8-13(16)10-14(17)9-12/h2-3,6,8-11,18H,4-5,7H2,1H3. The second-order valence-electron chi connectivity index (χ2n) is 4.67. The van der Waals surface area contributed by atoms with Gasteiger partial charge in [0.15, 0.2) is 0 Å². The SMILES string of the molecule is CC(Cc1ccco1)NCCc1cc(F)cc(F)c1. The van der Waals surface area contributed by atoms with Gasteiger partial charge in [-0.3, -0.25) is 0 Å². The number of furan rings is 1. The molecule has 0 saturated heterocycles. The summed E-state index contributed by atoms with van der Waals surface area (Å²) in [6.07, 6.45) is 3.04. The van der Waals surface area contributed by atoms with Gasteiger partial charge in [-0.1, -0.05) is 0 Å². The Kier molecular flexibility index (Phi) is 4.68. The van der Waals surface area contributed by atoms with E-state index in [0.717, 1.165) is 18.2 Å². The molecule has 1 N–H and O–H groups in total. The molecule has 0 amide bonds. The van der Waals surface area contributed by atoms with Gasteiger partial charge in [0.1, 0.15) is 17.4 Å². The molecule has 0 aliphatic carbocycles. The van der Waals surface area contributed by atoms with Crippen molar-refractivity contribution in [2.75, 3.05) is 6.54 Å². The van der Waals surface area contributed by atoms with Crippen molar-refractivity contribution in [3.8, 4) is 0 Å². The van der Waals surface area contributed by atoms with Crippen molar-refractivity contribution in [1.29, 1.82) is 0 Å². The van der Waals surface area contributed by atoms with Crippen LogP contribution in [0, 0.1) is 11.6 Å². The van der Waals surface area contributed by atoms with Crippen LogP contribution in [0.1, 0.15) is 18.2 Å². The molecule has 1 aromatic carbocycles. The van der Waals surface area contributed by atoms with Crippen molar-refractivity contribution < 1.29 is 13.2 Å². The fraction of sp³-hybridized carbons (Fsp3) is 0.333. The maximum Gasteiger partial charge on any atom is 0.126 e. The third-order valence-corrected chi connectivity index (χ3v) is 2.92. The van der Waals surface area contributed by atoms with E-state index >= 15 is 0 Å². The average Bonchev–Trinajstić information content (AvgIpc) is 2.80. The minimum absolute atomic E-state index is 0.254. The fourth-order valence-corrected chi connectivity index (χ4v) is 2.02. The first-order valence-electron chi connectivity index (χ1n) is 6.34. The molecule has 1 unspecified atom stereocenters. The summed E-state index contributed by atoms with van der Waals surface area (Å²) in [6.45, 7) is 2.72. The summed E-state index contributed by atoms with van der Waals surface area (Å²) in [5.74, 6) is -0.130. The molecule has 102 valence electrons. The normalized spacial score (nSPS) is 12.6. The van der Waals surface area contributed by atoms with E-state index in [0.29, 0.717) is 18.5 Å². The van der Waals surface area contributed by atoms with E-state index in [2.05, 4.69) is 12.2 Å². The predicted octanol–water partition coefficient (Wildman–Crippen LogP) is 3.32. The zero-order chi connectivity index (χ0) is 13.7. The van der Waals surface area contributed by atoms with Crippen LogP contribution in [-0.4, -0.2) is 12.6 Å². The van der Waals surface area contributed by atoms with Crippen LogP contribution >= 0.6 is 0 Å². The van der Waals surface area contributed by atoms with Gasteiger partial charge in [0.25, 0.3) is 0 Å². The summed E-state index contributed by atoms with van der Waals surface area (Å²) < 4.78 is 31.2. The molecule has 0 fully saturated rings. The maximum absolute atomic E-state index is 13.0. The molecule has 4 heteroatoms. The van der Waals surface area contributed by atoms with Gasteiger partial charge >= 0.3 is 0 Å². The summed E-state index contributed by atoms with van der Waals surface area (Å²) in [6, 6.07) is 7.66. The second-order valence-corrected chi connectivity index (χ2v) is 4.67. The van der Waals surface area contributed by atoms with Gasteiger partial charge in [-0.2, -0.15) is 0 Å². The van der Waals surface area contributed by atoms with Crippen molar-refractivity contribution in [1.82, 2.24) is 5.32 Å². The van der Waals surface area contributed by atoms with Crippen molar-refractivity contribution in [3.63, 3.8) is 0 Å². The Morgan fingerprint density at radius 3 is 2.58 bits per heavy atom. The van der Waals surface area contributed by atoms with Gasteiger partial charge in [-0.15, -0.1) is 0 Å². The topological polar surface area (TPSA) is 25.2 Å². The van der Waals surface area contributed by atoms with Crippen LogP contribution in [0.2, 0.25) is 0 Å². The van der Waals surface area contributed by atoms with Gasteiger partial charge in [-0.25, -0.2) is 8.78 Å². The predicted molar refractivity (Wildman–Crippen MR) is 69.9 cm³/mol. The Labute approximate surface area is 111 Å². The molecule has 1 atom stereocenters. The van der Waals surface area contributed by atoms with E-state index in [4.69, 9.17) is 4.42 Å². The monoisotopic (exact) mass is 265 g/mol. The van der Waals surface area contributed by atoms with E-state index in [-0.39, 0.29) is 6.04 Å². The molecule has 0 radical (unpaired) electrons. The molecule has 1 aromatic heterocycles. The van der Waals surface area contributed by atoms with Crippen LogP contribution in [-0.2, 0) is 12.8 Å². The lowest BCUT2D eigenvalue weighted by atomic mass is 10.1. The fourth-order valence-electron chi connectivity index (χ4n) is 2.02. The Balaban J connectivity index is 1.76. The van der Waals surface area contributed by atoms with E-state index in [1.165, 1.54) is 12.1 Å². The number of rotatable bonds is 6. The summed E-state index contributed by atoms with van der Waals surface area (Å²) in [7, 11) is 0. The second kappa shape index (κ2) is 6.48. The average molecular weight is 265 g/mol. The quantitative estimate of drug-likeness (QED) is 0.866. The van der Waals surface area contributed by atoms with Gasteiger partial charge < -0.3 is 9.73 Å². The maximum atomic E-state index is 13.0. The van der Waals surface area contributed by atoms with Crippen molar-refractivity contribution >= 4 is 0 Å². The molecule has 0 aliphatic heterocycles. The molecule has 2 rings (SSSR count). The first-order valence-corrected chi connectivity index (χ1v) is 6.34. The van der Waals surface area contributed by atoms with E-state index in [9.17, 15) is 8.78 Å². The number of benzene rings is 1. The number of hydrogen-bond acceptors (Lipinski definition) is 2. The van der Waals surface area contributed by atoms with Crippen LogP contribution in [0.25, 0.3) is 0 Å². The molecular formula is C15H17F2NO. The first kappa shape index (κ1) is 13.7. The Morgan fingerprint density at radius 1 is 1.21 bits per heavy atom. The smallest absolute Gasteiger partial charge is 0.126 e. The van der Waals surface area contributed by atoms with Crippen molar-refractivity contribution in [2.45, 2.75) is 25.8 Å². The van der Waals surface area contributed by atoms with E-state index in [1.807, 2.05) is 12.1 Å². The Morgan fingerprint density at radius 2 is 1.95 bits per heavy atom. The third kappa shape index (κ3) is 4.48. The minimum Gasteiger partial charge on any atom is -0.469 e. The van der Waals surface area contributed by atoms with Crippen molar-refractivity contribution in [2.24, 2.45) is 0 Å². The van der Waals surface area contributed by atoms with E-state index < -0.39 is 11.6 Å². The van der Waals surface area contributed by atoms with Crippen LogP contribution < -0.4 is 5.32 Å². The molecule has 0 spiro atoms. The Bertz CT molecular complexity index is 491. The van der Waals surface area contributed by atoms with E-state index in [1.54, 1.807) is 6.26 Å². The number of hydrogen-bond donors (Lipinski definition) is 1. The third-order valence-electron chi connectivity index (χ3n) is 2.92. The van der Waals surface area contributed by atoms with Gasteiger partial charge in [0.05, 0.1) is 6.26 Å². The highest BCUT2D eigenvalue weighted by Gasteiger charge is 2.05. The number of halogens is 2. The zero-order valence-corrected chi connectivity index (χ0v) is 10.8. The summed E-state index contributed by atoms with van der Waals surface area (Å²) in [5, 5.41) is 3.30. The van der Waals surface area contributed by atoms with Crippen LogP contribution in [0.15, 0.2) is 41.0 Å². The lowest BCUT2D eigenvalue weighted by molar-refractivity contribution is 0.458.